The maximum atomic E-state index is 12.6. The monoisotopic (exact) mass is 349 g/mol. The largest absolute Gasteiger partial charge is 0.339 e. The van der Waals surface area contributed by atoms with Gasteiger partial charge in [0, 0.05) is 55.9 Å². The van der Waals surface area contributed by atoms with Gasteiger partial charge in [0.25, 0.3) is 5.91 Å². The molecule has 132 valence electrons. The van der Waals surface area contributed by atoms with Crippen molar-refractivity contribution in [1.82, 2.24) is 14.7 Å². The van der Waals surface area contributed by atoms with Crippen LogP contribution in [0.2, 0.25) is 5.02 Å². The molecule has 0 spiro atoms. The predicted octanol–water partition coefficient (Wildman–Crippen LogP) is 2.83. The van der Waals surface area contributed by atoms with Crippen molar-refractivity contribution >= 4 is 17.5 Å². The highest BCUT2D eigenvalue weighted by atomic mass is 35.5. The fourth-order valence-corrected chi connectivity index (χ4v) is 4.00. The third-order valence-electron chi connectivity index (χ3n) is 5.45. The molecule has 0 bridgehead atoms. The first-order chi connectivity index (χ1) is 11.5. The normalized spacial score (nSPS) is 24.3. The quantitative estimate of drug-likeness (QED) is 0.839. The number of hydrogen-bond acceptors (Lipinski definition) is 3. The molecule has 24 heavy (non-hydrogen) atoms. The van der Waals surface area contributed by atoms with Crippen LogP contribution in [0.25, 0.3) is 0 Å². The molecule has 2 aliphatic heterocycles. The summed E-state index contributed by atoms with van der Waals surface area (Å²) in [6.07, 6.45) is 2.22. The number of rotatable bonds is 3. The van der Waals surface area contributed by atoms with E-state index in [1.54, 1.807) is 12.1 Å². The third kappa shape index (κ3) is 4.29. The molecular weight excluding hydrogens is 322 g/mol. The summed E-state index contributed by atoms with van der Waals surface area (Å²) in [5.74, 6) is 0.850. The maximum Gasteiger partial charge on any atom is 0.253 e. The highest BCUT2D eigenvalue weighted by molar-refractivity contribution is 6.30. The number of halogens is 1. The fourth-order valence-electron chi connectivity index (χ4n) is 3.87. The maximum absolute atomic E-state index is 12.6. The van der Waals surface area contributed by atoms with Crippen LogP contribution in [0.5, 0.6) is 0 Å². The van der Waals surface area contributed by atoms with Gasteiger partial charge in [-0.1, -0.05) is 11.6 Å². The Labute approximate surface area is 150 Å². The molecule has 3 rings (SSSR count). The SMILES string of the molecule is C[C@@H]1CN(C)CCN1CC1CCN(C(=O)c2ccc(Cl)cc2)CC1. The Bertz CT molecular complexity index is 554. The number of amides is 1. The molecule has 4 nitrogen and oxygen atoms in total. The van der Waals surface area contributed by atoms with Crippen molar-refractivity contribution in [2.45, 2.75) is 25.8 Å². The molecule has 1 atom stereocenters. The standard InChI is InChI=1S/C19H28ClN3O/c1-15-13-21(2)11-12-23(15)14-16-7-9-22(10-8-16)19(24)17-3-5-18(20)6-4-17/h3-6,15-16H,7-14H2,1-2H3/t15-/m1/s1. The molecule has 0 aliphatic carbocycles. The van der Waals surface area contributed by atoms with E-state index in [0.717, 1.165) is 44.6 Å². The van der Waals surface area contributed by atoms with Crippen molar-refractivity contribution in [2.75, 3.05) is 46.3 Å². The highest BCUT2D eigenvalue weighted by Crippen LogP contribution is 2.22. The molecule has 1 aromatic carbocycles. The van der Waals surface area contributed by atoms with Crippen LogP contribution >= 0.6 is 11.6 Å². The van der Waals surface area contributed by atoms with Crippen LogP contribution in [0.1, 0.15) is 30.1 Å². The van der Waals surface area contributed by atoms with Crippen molar-refractivity contribution in [3.05, 3.63) is 34.9 Å². The van der Waals surface area contributed by atoms with Gasteiger partial charge in [-0.3, -0.25) is 9.69 Å². The fraction of sp³-hybridized carbons (Fsp3) is 0.632. The molecule has 2 fully saturated rings. The first-order valence-electron chi connectivity index (χ1n) is 9.00. The molecule has 2 saturated heterocycles. The van der Waals surface area contributed by atoms with Crippen LogP contribution in [0.4, 0.5) is 0 Å². The van der Waals surface area contributed by atoms with E-state index < -0.39 is 0 Å². The number of likely N-dealkylation sites (tertiary alicyclic amines) is 1. The summed E-state index contributed by atoms with van der Waals surface area (Å²) in [6, 6.07) is 7.86. The lowest BCUT2D eigenvalue weighted by atomic mass is 9.94. The van der Waals surface area contributed by atoms with Crippen LogP contribution in [0.15, 0.2) is 24.3 Å². The smallest absolute Gasteiger partial charge is 0.253 e. The molecule has 2 heterocycles. The second-order valence-electron chi connectivity index (χ2n) is 7.35. The molecule has 0 saturated carbocycles. The van der Waals surface area contributed by atoms with Crippen LogP contribution in [0.3, 0.4) is 0 Å². The second kappa shape index (κ2) is 7.85. The molecule has 5 heteroatoms. The summed E-state index contributed by atoms with van der Waals surface area (Å²) in [7, 11) is 2.20. The van der Waals surface area contributed by atoms with Gasteiger partial charge in [-0.25, -0.2) is 0 Å². The number of piperidine rings is 1. The van der Waals surface area contributed by atoms with Crippen LogP contribution in [0, 0.1) is 5.92 Å². The van der Waals surface area contributed by atoms with E-state index in [9.17, 15) is 4.79 Å². The molecular formula is C19H28ClN3O. The number of nitrogens with zero attached hydrogens (tertiary/aromatic N) is 3. The lowest BCUT2D eigenvalue weighted by Gasteiger charge is -2.41. The van der Waals surface area contributed by atoms with Gasteiger partial charge < -0.3 is 9.80 Å². The van der Waals surface area contributed by atoms with E-state index in [2.05, 4.69) is 23.8 Å². The van der Waals surface area contributed by atoms with Gasteiger partial charge in [-0.15, -0.1) is 0 Å². The molecule has 2 aliphatic rings. The van der Waals surface area contributed by atoms with E-state index in [4.69, 9.17) is 11.6 Å². The third-order valence-corrected chi connectivity index (χ3v) is 5.71. The average Bonchev–Trinajstić information content (AvgIpc) is 2.58. The van der Waals surface area contributed by atoms with Gasteiger partial charge in [0.2, 0.25) is 0 Å². The molecule has 0 N–H and O–H groups in total. The average molecular weight is 350 g/mol. The van der Waals surface area contributed by atoms with E-state index in [1.165, 1.54) is 13.1 Å². The molecule has 0 radical (unpaired) electrons. The van der Waals surface area contributed by atoms with E-state index in [-0.39, 0.29) is 5.91 Å². The summed E-state index contributed by atoms with van der Waals surface area (Å²) in [4.78, 5) is 19.6. The highest BCUT2D eigenvalue weighted by Gasteiger charge is 2.28. The van der Waals surface area contributed by atoms with Gasteiger partial charge in [-0.05, 0) is 57.0 Å². The van der Waals surface area contributed by atoms with Gasteiger partial charge in [0.1, 0.15) is 0 Å². The number of carbonyl (C=O) groups excluding carboxylic acids is 1. The van der Waals surface area contributed by atoms with Crippen molar-refractivity contribution in [1.29, 1.82) is 0 Å². The first kappa shape index (κ1) is 17.7. The zero-order valence-corrected chi connectivity index (χ0v) is 15.5. The molecule has 1 amide bonds. The summed E-state index contributed by atoms with van der Waals surface area (Å²) in [5.41, 5.74) is 0.741. The minimum atomic E-state index is 0.137. The van der Waals surface area contributed by atoms with Crippen molar-refractivity contribution < 1.29 is 4.79 Å². The number of carbonyl (C=O) groups is 1. The molecule has 0 unspecified atom stereocenters. The Hall–Kier alpha value is -1.10. The predicted molar refractivity (Wildman–Crippen MR) is 98.6 cm³/mol. The van der Waals surface area contributed by atoms with E-state index in [0.29, 0.717) is 17.0 Å². The summed E-state index contributed by atoms with van der Waals surface area (Å²) in [6.45, 7) is 8.74. The van der Waals surface area contributed by atoms with Gasteiger partial charge in [0.05, 0.1) is 0 Å². The number of hydrogen-bond donors (Lipinski definition) is 0. The van der Waals surface area contributed by atoms with Gasteiger partial charge in [0.15, 0.2) is 0 Å². The first-order valence-corrected chi connectivity index (χ1v) is 9.38. The zero-order chi connectivity index (χ0) is 17.1. The Morgan fingerprint density at radius 1 is 1.12 bits per heavy atom. The summed E-state index contributed by atoms with van der Waals surface area (Å²) in [5, 5.41) is 0.673. The van der Waals surface area contributed by atoms with Crippen LogP contribution in [-0.2, 0) is 0 Å². The Morgan fingerprint density at radius 2 is 1.79 bits per heavy atom. The van der Waals surface area contributed by atoms with E-state index in [1.807, 2.05) is 17.0 Å². The zero-order valence-electron chi connectivity index (χ0n) is 14.7. The topological polar surface area (TPSA) is 26.8 Å². The van der Waals surface area contributed by atoms with E-state index >= 15 is 0 Å². The van der Waals surface area contributed by atoms with Crippen molar-refractivity contribution in [3.63, 3.8) is 0 Å². The Morgan fingerprint density at radius 3 is 2.42 bits per heavy atom. The van der Waals surface area contributed by atoms with Gasteiger partial charge >= 0.3 is 0 Å². The summed E-state index contributed by atoms with van der Waals surface area (Å²) < 4.78 is 0. The Balaban J connectivity index is 1.49. The van der Waals surface area contributed by atoms with Gasteiger partial charge in [-0.2, -0.15) is 0 Å². The van der Waals surface area contributed by atoms with Crippen molar-refractivity contribution in [3.8, 4) is 0 Å². The molecule has 0 aromatic heterocycles. The number of piperazine rings is 1. The minimum Gasteiger partial charge on any atom is -0.339 e. The minimum absolute atomic E-state index is 0.137. The van der Waals surface area contributed by atoms with Crippen molar-refractivity contribution in [2.24, 2.45) is 5.92 Å². The lowest BCUT2D eigenvalue weighted by Crippen LogP contribution is -2.52. The molecule has 1 aromatic rings. The second-order valence-corrected chi connectivity index (χ2v) is 7.79. The summed E-state index contributed by atoms with van der Waals surface area (Å²) >= 11 is 5.90. The van der Waals surface area contributed by atoms with Crippen LogP contribution in [-0.4, -0.2) is 73.0 Å². The number of likely N-dealkylation sites (N-methyl/N-ethyl adjacent to an activating group) is 1. The Kier molecular flexibility index (Phi) is 5.80. The lowest BCUT2D eigenvalue weighted by molar-refractivity contribution is 0.0556. The van der Waals surface area contributed by atoms with Crippen LogP contribution < -0.4 is 0 Å². The number of benzene rings is 1.